The van der Waals surface area contributed by atoms with Gasteiger partial charge < -0.3 is 14.4 Å². The van der Waals surface area contributed by atoms with E-state index in [9.17, 15) is 0 Å². The van der Waals surface area contributed by atoms with Crippen LogP contribution in [0.3, 0.4) is 0 Å². The van der Waals surface area contributed by atoms with Gasteiger partial charge in [-0.3, -0.25) is 0 Å². The molecule has 1 saturated heterocycles. The van der Waals surface area contributed by atoms with Crippen molar-refractivity contribution in [3.05, 3.63) is 28.8 Å². The lowest BCUT2D eigenvalue weighted by atomic mass is 10.2. The molecule has 0 amide bonds. The van der Waals surface area contributed by atoms with Gasteiger partial charge in [-0.1, -0.05) is 11.6 Å². The zero-order valence-corrected chi connectivity index (χ0v) is 11.0. The van der Waals surface area contributed by atoms with Gasteiger partial charge >= 0.3 is 0 Å². The molecule has 4 heteroatoms. The van der Waals surface area contributed by atoms with Crippen molar-refractivity contribution in [2.45, 2.75) is 13.0 Å². The number of hydrogen-bond donors (Lipinski definition) is 0. The first kappa shape index (κ1) is 12.7. The zero-order valence-electron chi connectivity index (χ0n) is 10.3. The number of aryl methyl sites for hydroxylation is 1. The summed E-state index contributed by atoms with van der Waals surface area (Å²) in [6, 6.07) is 5.66. The van der Waals surface area contributed by atoms with Gasteiger partial charge in [-0.25, -0.2) is 0 Å². The molecule has 1 fully saturated rings. The maximum Gasteiger partial charge on any atom is 0.122 e. The van der Waals surface area contributed by atoms with Crippen LogP contribution in [0, 0.1) is 6.92 Å². The van der Waals surface area contributed by atoms with E-state index in [0.29, 0.717) is 6.61 Å². The van der Waals surface area contributed by atoms with E-state index in [1.54, 1.807) is 0 Å². The van der Waals surface area contributed by atoms with Gasteiger partial charge in [-0.2, -0.15) is 0 Å². The molecule has 1 atom stereocenters. The highest BCUT2D eigenvalue weighted by atomic mass is 35.5. The molecule has 0 bridgehead atoms. The average molecular weight is 256 g/mol. The summed E-state index contributed by atoms with van der Waals surface area (Å²) in [5.41, 5.74) is 1.06. The van der Waals surface area contributed by atoms with Crippen molar-refractivity contribution in [2.75, 3.05) is 33.4 Å². The molecule has 0 saturated carbocycles. The fraction of sp³-hybridized carbons (Fsp3) is 0.538. The largest absolute Gasteiger partial charge is 0.491 e. The normalized spacial score (nSPS) is 21.5. The van der Waals surface area contributed by atoms with Crippen molar-refractivity contribution in [3.8, 4) is 5.75 Å². The molecule has 1 aliphatic heterocycles. The van der Waals surface area contributed by atoms with Crippen molar-refractivity contribution < 1.29 is 9.47 Å². The van der Waals surface area contributed by atoms with E-state index >= 15 is 0 Å². The van der Waals surface area contributed by atoms with Crippen LogP contribution >= 0.6 is 11.6 Å². The second-order valence-electron chi connectivity index (χ2n) is 4.48. The van der Waals surface area contributed by atoms with Crippen molar-refractivity contribution in [2.24, 2.45) is 0 Å². The Balaban J connectivity index is 1.88. The third-order valence-corrected chi connectivity index (χ3v) is 3.14. The number of morpholine rings is 1. The highest BCUT2D eigenvalue weighted by molar-refractivity contribution is 6.30. The van der Waals surface area contributed by atoms with E-state index in [-0.39, 0.29) is 6.10 Å². The third kappa shape index (κ3) is 3.60. The van der Waals surface area contributed by atoms with E-state index in [4.69, 9.17) is 21.1 Å². The molecule has 2 rings (SSSR count). The van der Waals surface area contributed by atoms with Gasteiger partial charge in [0.2, 0.25) is 0 Å². The fourth-order valence-electron chi connectivity index (χ4n) is 1.93. The van der Waals surface area contributed by atoms with Crippen LogP contribution in [0.25, 0.3) is 0 Å². The van der Waals surface area contributed by atoms with Crippen LogP contribution in [0.5, 0.6) is 5.75 Å². The third-order valence-electron chi connectivity index (χ3n) is 2.90. The predicted octanol–water partition coefficient (Wildman–Crippen LogP) is 2.36. The molecule has 0 N–H and O–H groups in total. The molecule has 0 aromatic heterocycles. The van der Waals surface area contributed by atoms with Gasteiger partial charge in [0.1, 0.15) is 18.5 Å². The standard InChI is InChI=1S/C13H18ClNO2/c1-10-7-11(14)3-4-13(10)17-9-12-8-15(2)5-6-16-12/h3-4,7,12H,5-6,8-9H2,1-2H3. The lowest BCUT2D eigenvalue weighted by molar-refractivity contribution is -0.0404. The Morgan fingerprint density at radius 3 is 3.06 bits per heavy atom. The molecule has 17 heavy (non-hydrogen) atoms. The molecule has 1 heterocycles. The number of rotatable bonds is 3. The fourth-order valence-corrected chi connectivity index (χ4v) is 2.15. The van der Waals surface area contributed by atoms with E-state index in [1.165, 1.54) is 0 Å². The summed E-state index contributed by atoms with van der Waals surface area (Å²) >= 11 is 5.90. The SMILES string of the molecule is Cc1cc(Cl)ccc1OCC1CN(C)CCO1. The Bertz CT molecular complexity index is 384. The Labute approximate surface area is 107 Å². The summed E-state index contributed by atoms with van der Waals surface area (Å²) in [6.07, 6.45) is 0.156. The number of hydrogen-bond acceptors (Lipinski definition) is 3. The smallest absolute Gasteiger partial charge is 0.122 e. The lowest BCUT2D eigenvalue weighted by Gasteiger charge is -2.30. The van der Waals surface area contributed by atoms with Crippen molar-refractivity contribution >= 4 is 11.6 Å². The summed E-state index contributed by atoms with van der Waals surface area (Å²) in [5.74, 6) is 0.881. The molecule has 0 aliphatic carbocycles. The first-order chi connectivity index (χ1) is 8.15. The van der Waals surface area contributed by atoms with Crippen LogP contribution in [-0.2, 0) is 4.74 Å². The number of ether oxygens (including phenoxy) is 2. The van der Waals surface area contributed by atoms with Gasteiger partial charge in [0.05, 0.1) is 6.61 Å². The van der Waals surface area contributed by atoms with Crippen LogP contribution in [0.15, 0.2) is 18.2 Å². The topological polar surface area (TPSA) is 21.7 Å². The zero-order chi connectivity index (χ0) is 12.3. The Morgan fingerprint density at radius 2 is 2.35 bits per heavy atom. The molecule has 0 spiro atoms. The Morgan fingerprint density at radius 1 is 1.53 bits per heavy atom. The number of benzene rings is 1. The second kappa shape index (κ2) is 5.71. The van der Waals surface area contributed by atoms with Gasteiger partial charge in [0.25, 0.3) is 0 Å². The number of likely N-dealkylation sites (N-methyl/N-ethyl adjacent to an activating group) is 1. The maximum atomic E-state index is 5.90. The minimum Gasteiger partial charge on any atom is -0.491 e. The molecular weight excluding hydrogens is 238 g/mol. The first-order valence-corrected chi connectivity index (χ1v) is 6.22. The molecule has 1 aromatic carbocycles. The Kier molecular flexibility index (Phi) is 4.26. The van der Waals surface area contributed by atoms with Gasteiger partial charge in [0.15, 0.2) is 0 Å². The van der Waals surface area contributed by atoms with E-state index < -0.39 is 0 Å². The van der Waals surface area contributed by atoms with Crippen LogP contribution in [0.1, 0.15) is 5.56 Å². The van der Waals surface area contributed by atoms with Gasteiger partial charge in [0, 0.05) is 18.1 Å². The summed E-state index contributed by atoms with van der Waals surface area (Å²) in [6.45, 7) is 5.29. The highest BCUT2D eigenvalue weighted by Gasteiger charge is 2.18. The molecule has 3 nitrogen and oxygen atoms in total. The summed E-state index contributed by atoms with van der Waals surface area (Å²) < 4.78 is 11.4. The summed E-state index contributed by atoms with van der Waals surface area (Å²) in [5, 5.41) is 0.739. The monoisotopic (exact) mass is 255 g/mol. The van der Waals surface area contributed by atoms with Crippen LogP contribution < -0.4 is 4.74 Å². The second-order valence-corrected chi connectivity index (χ2v) is 4.91. The maximum absolute atomic E-state index is 5.90. The predicted molar refractivity (Wildman–Crippen MR) is 68.9 cm³/mol. The molecule has 1 aliphatic rings. The van der Waals surface area contributed by atoms with Crippen LogP contribution in [0.4, 0.5) is 0 Å². The van der Waals surface area contributed by atoms with Crippen molar-refractivity contribution in [1.82, 2.24) is 4.90 Å². The van der Waals surface area contributed by atoms with Gasteiger partial charge in [-0.05, 0) is 37.7 Å². The Hall–Kier alpha value is -0.770. The lowest BCUT2D eigenvalue weighted by Crippen LogP contribution is -2.42. The van der Waals surface area contributed by atoms with Gasteiger partial charge in [-0.15, -0.1) is 0 Å². The molecule has 0 radical (unpaired) electrons. The van der Waals surface area contributed by atoms with E-state index in [1.807, 2.05) is 25.1 Å². The molecular formula is C13H18ClNO2. The van der Waals surface area contributed by atoms with Crippen LogP contribution in [0.2, 0.25) is 5.02 Å². The highest BCUT2D eigenvalue weighted by Crippen LogP contribution is 2.22. The molecule has 1 aromatic rings. The molecule has 94 valence electrons. The molecule has 1 unspecified atom stereocenters. The quantitative estimate of drug-likeness (QED) is 0.828. The minimum atomic E-state index is 0.156. The first-order valence-electron chi connectivity index (χ1n) is 5.84. The van der Waals surface area contributed by atoms with E-state index in [2.05, 4.69) is 11.9 Å². The minimum absolute atomic E-state index is 0.156. The summed E-state index contributed by atoms with van der Waals surface area (Å²) in [7, 11) is 2.10. The van der Waals surface area contributed by atoms with E-state index in [0.717, 1.165) is 36.0 Å². The van der Waals surface area contributed by atoms with Crippen molar-refractivity contribution in [3.63, 3.8) is 0 Å². The average Bonchev–Trinajstić information content (AvgIpc) is 2.28. The number of nitrogens with zero attached hydrogens (tertiary/aromatic N) is 1. The van der Waals surface area contributed by atoms with Crippen molar-refractivity contribution in [1.29, 1.82) is 0 Å². The number of halogens is 1. The van der Waals surface area contributed by atoms with Crippen LogP contribution in [-0.4, -0.2) is 44.4 Å². The summed E-state index contributed by atoms with van der Waals surface area (Å²) in [4.78, 5) is 2.26.